The van der Waals surface area contributed by atoms with Gasteiger partial charge in [0.15, 0.2) is 0 Å². The summed E-state index contributed by atoms with van der Waals surface area (Å²) in [7, 11) is 1.90. The van der Waals surface area contributed by atoms with Gasteiger partial charge in [-0.25, -0.2) is 0 Å². The molecule has 2 aromatic carbocycles. The third kappa shape index (κ3) is 3.13. The molecule has 3 heteroatoms. The Morgan fingerprint density at radius 2 is 1.79 bits per heavy atom. The van der Waals surface area contributed by atoms with Crippen molar-refractivity contribution in [3.63, 3.8) is 0 Å². The number of rotatable bonds is 3. The summed E-state index contributed by atoms with van der Waals surface area (Å²) in [6.07, 6.45) is 0. The van der Waals surface area contributed by atoms with Gasteiger partial charge in [0, 0.05) is 18.4 Å². The second-order valence-corrected chi connectivity index (χ2v) is 4.50. The summed E-state index contributed by atoms with van der Waals surface area (Å²) in [5, 5.41) is 12.5. The first-order chi connectivity index (χ1) is 9.10. The Labute approximate surface area is 113 Å². The van der Waals surface area contributed by atoms with E-state index in [1.54, 1.807) is 12.1 Å². The highest BCUT2D eigenvalue weighted by Crippen LogP contribution is 2.24. The van der Waals surface area contributed by atoms with E-state index in [2.05, 4.69) is 10.3 Å². The Morgan fingerprint density at radius 1 is 1.11 bits per heavy atom. The van der Waals surface area contributed by atoms with Gasteiger partial charge in [-0.15, -0.1) is 0 Å². The number of phenols is 1. The van der Waals surface area contributed by atoms with Gasteiger partial charge >= 0.3 is 0 Å². The van der Waals surface area contributed by atoms with E-state index in [4.69, 9.17) is 0 Å². The van der Waals surface area contributed by atoms with Gasteiger partial charge in [-0.05, 0) is 55.3 Å². The molecule has 0 aromatic heterocycles. The number of nitrogens with one attached hydrogen (secondary N) is 1. The number of anilines is 1. The number of hydrogen-bond acceptors (Lipinski definition) is 3. The molecule has 0 heterocycles. The van der Waals surface area contributed by atoms with Crippen LogP contribution < -0.4 is 5.32 Å². The lowest BCUT2D eigenvalue weighted by Gasteiger charge is -2.05. The van der Waals surface area contributed by atoms with Gasteiger partial charge < -0.3 is 10.4 Å². The maximum atomic E-state index is 9.39. The lowest BCUT2D eigenvalue weighted by molar-refractivity contribution is 0.475. The third-order valence-corrected chi connectivity index (χ3v) is 3.06. The molecule has 2 rings (SSSR count). The Morgan fingerprint density at radius 3 is 2.37 bits per heavy atom. The van der Waals surface area contributed by atoms with E-state index >= 15 is 0 Å². The minimum atomic E-state index is 0.271. The Hall–Kier alpha value is -2.29. The average molecular weight is 254 g/mol. The van der Waals surface area contributed by atoms with E-state index in [0.29, 0.717) is 0 Å². The van der Waals surface area contributed by atoms with Gasteiger partial charge in [0.25, 0.3) is 0 Å². The second kappa shape index (κ2) is 5.57. The molecule has 19 heavy (non-hydrogen) atoms. The zero-order valence-electron chi connectivity index (χ0n) is 11.4. The highest BCUT2D eigenvalue weighted by atomic mass is 16.3. The van der Waals surface area contributed by atoms with Crippen LogP contribution in [0.5, 0.6) is 5.75 Å². The number of aryl methyl sites for hydroxylation is 1. The zero-order chi connectivity index (χ0) is 13.8. The lowest BCUT2D eigenvalue weighted by Crippen LogP contribution is -1.95. The van der Waals surface area contributed by atoms with Crippen LogP contribution >= 0.6 is 0 Å². The average Bonchev–Trinajstić information content (AvgIpc) is 2.42. The number of aliphatic imine (C=N–C) groups is 1. The molecule has 0 fully saturated rings. The highest BCUT2D eigenvalue weighted by Gasteiger charge is 2.01. The normalized spacial score (nSPS) is 11.4. The van der Waals surface area contributed by atoms with E-state index in [1.807, 2.05) is 51.2 Å². The van der Waals surface area contributed by atoms with E-state index in [0.717, 1.165) is 28.2 Å². The highest BCUT2D eigenvalue weighted by molar-refractivity contribution is 6.00. The summed E-state index contributed by atoms with van der Waals surface area (Å²) < 4.78 is 0. The van der Waals surface area contributed by atoms with Crippen molar-refractivity contribution in [3.8, 4) is 5.75 Å². The molecule has 0 atom stereocenters. The third-order valence-electron chi connectivity index (χ3n) is 3.06. The molecule has 98 valence electrons. The topological polar surface area (TPSA) is 44.6 Å². The van der Waals surface area contributed by atoms with Gasteiger partial charge in [-0.1, -0.05) is 12.1 Å². The molecule has 0 aliphatic rings. The fourth-order valence-electron chi connectivity index (χ4n) is 1.89. The number of benzene rings is 2. The van der Waals surface area contributed by atoms with Crippen LogP contribution in [0.1, 0.15) is 18.1 Å². The molecule has 0 amide bonds. The molecule has 0 saturated carbocycles. The van der Waals surface area contributed by atoms with Crippen molar-refractivity contribution >= 4 is 17.1 Å². The Bertz CT molecular complexity index is 601. The van der Waals surface area contributed by atoms with Crippen LogP contribution in [-0.2, 0) is 0 Å². The van der Waals surface area contributed by atoms with Gasteiger partial charge in [0.1, 0.15) is 5.75 Å². The molecule has 0 aliphatic carbocycles. The number of phenolic OH excluding ortho intramolecular Hbond substituents is 1. The molecule has 3 nitrogen and oxygen atoms in total. The maximum Gasteiger partial charge on any atom is 0.115 e. The SMILES string of the molecule is CNc1ccc(C(C)=Nc2ccc(O)cc2C)cc1. The predicted octanol–water partition coefficient (Wildman–Crippen LogP) is 3.88. The lowest BCUT2D eigenvalue weighted by atomic mass is 10.1. The molecule has 0 radical (unpaired) electrons. The summed E-state index contributed by atoms with van der Waals surface area (Å²) >= 11 is 0. The summed E-state index contributed by atoms with van der Waals surface area (Å²) in [5.74, 6) is 0.271. The predicted molar refractivity (Wildman–Crippen MR) is 80.7 cm³/mol. The van der Waals surface area contributed by atoms with E-state index in [9.17, 15) is 5.11 Å². The first-order valence-corrected chi connectivity index (χ1v) is 6.23. The minimum Gasteiger partial charge on any atom is -0.508 e. The summed E-state index contributed by atoms with van der Waals surface area (Å²) in [6.45, 7) is 3.93. The molecular formula is C16H18N2O. The van der Waals surface area contributed by atoms with Crippen molar-refractivity contribution in [3.05, 3.63) is 53.6 Å². The molecule has 0 aliphatic heterocycles. The van der Waals surface area contributed by atoms with E-state index < -0.39 is 0 Å². The second-order valence-electron chi connectivity index (χ2n) is 4.50. The monoisotopic (exact) mass is 254 g/mol. The molecule has 0 bridgehead atoms. The van der Waals surface area contributed by atoms with Gasteiger partial charge in [0.05, 0.1) is 5.69 Å². The number of hydrogen-bond donors (Lipinski definition) is 2. The summed E-state index contributed by atoms with van der Waals surface area (Å²) in [4.78, 5) is 4.61. The maximum absolute atomic E-state index is 9.39. The standard InChI is InChI=1S/C16H18N2O/c1-11-10-15(19)8-9-16(11)18-12(2)13-4-6-14(17-3)7-5-13/h4-10,17,19H,1-3H3. The van der Waals surface area contributed by atoms with Crippen molar-refractivity contribution in [2.75, 3.05) is 12.4 Å². The van der Waals surface area contributed by atoms with Crippen molar-refractivity contribution in [1.82, 2.24) is 0 Å². The van der Waals surface area contributed by atoms with Crippen LogP contribution in [0.3, 0.4) is 0 Å². The van der Waals surface area contributed by atoms with Gasteiger partial charge in [-0.2, -0.15) is 0 Å². The molecular weight excluding hydrogens is 236 g/mol. The molecule has 2 N–H and O–H groups in total. The molecule has 0 unspecified atom stereocenters. The van der Waals surface area contributed by atoms with E-state index in [-0.39, 0.29) is 5.75 Å². The van der Waals surface area contributed by atoms with Crippen LogP contribution in [0.15, 0.2) is 47.5 Å². The summed E-state index contributed by atoms with van der Waals surface area (Å²) in [5.41, 5.74) is 4.97. The van der Waals surface area contributed by atoms with Crippen LogP contribution in [-0.4, -0.2) is 17.9 Å². The van der Waals surface area contributed by atoms with Crippen molar-refractivity contribution in [1.29, 1.82) is 0 Å². The fraction of sp³-hybridized carbons (Fsp3) is 0.188. The molecule has 0 spiro atoms. The van der Waals surface area contributed by atoms with Gasteiger partial charge in [-0.3, -0.25) is 4.99 Å². The van der Waals surface area contributed by atoms with Crippen molar-refractivity contribution in [2.45, 2.75) is 13.8 Å². The first-order valence-electron chi connectivity index (χ1n) is 6.23. The smallest absolute Gasteiger partial charge is 0.115 e. The van der Waals surface area contributed by atoms with Crippen LogP contribution in [0.4, 0.5) is 11.4 Å². The van der Waals surface area contributed by atoms with Crippen molar-refractivity contribution in [2.24, 2.45) is 4.99 Å². The zero-order valence-corrected chi connectivity index (χ0v) is 11.4. The van der Waals surface area contributed by atoms with Gasteiger partial charge in [0.2, 0.25) is 0 Å². The summed E-state index contributed by atoms with van der Waals surface area (Å²) in [6, 6.07) is 13.3. The van der Waals surface area contributed by atoms with Crippen LogP contribution in [0, 0.1) is 6.92 Å². The fourth-order valence-corrected chi connectivity index (χ4v) is 1.89. The minimum absolute atomic E-state index is 0.271. The quantitative estimate of drug-likeness (QED) is 0.816. The molecule has 0 saturated heterocycles. The van der Waals surface area contributed by atoms with Crippen LogP contribution in [0.25, 0.3) is 0 Å². The number of nitrogens with zero attached hydrogens (tertiary/aromatic N) is 1. The number of aromatic hydroxyl groups is 1. The first kappa shape index (κ1) is 13.1. The Balaban J connectivity index is 2.31. The van der Waals surface area contributed by atoms with Crippen LogP contribution in [0.2, 0.25) is 0 Å². The Kier molecular flexibility index (Phi) is 3.85. The van der Waals surface area contributed by atoms with E-state index in [1.165, 1.54) is 0 Å². The molecule has 2 aromatic rings. The van der Waals surface area contributed by atoms with Crippen molar-refractivity contribution < 1.29 is 5.11 Å². The largest absolute Gasteiger partial charge is 0.508 e.